The van der Waals surface area contributed by atoms with E-state index in [1.807, 2.05) is 6.92 Å². The number of benzene rings is 1. The zero-order chi connectivity index (χ0) is 12.1. The third kappa shape index (κ3) is 3.40. The molecule has 1 aromatic rings. The molecule has 0 aliphatic rings. The lowest BCUT2D eigenvalue weighted by Gasteiger charge is -2.15. The first-order valence-electron chi connectivity index (χ1n) is 4.95. The minimum atomic E-state index is -1.00. The number of carboxylic acid groups (broad SMARTS) is 1. The van der Waals surface area contributed by atoms with Gasteiger partial charge in [-0.05, 0) is 31.5 Å². The Hall–Kier alpha value is -1.26. The second-order valence-corrected chi connectivity index (χ2v) is 3.96. The van der Waals surface area contributed by atoms with Crippen molar-refractivity contribution >= 4 is 23.3 Å². The highest BCUT2D eigenvalue weighted by Gasteiger charge is 2.08. The topological polar surface area (TPSA) is 69.6 Å². The van der Waals surface area contributed by atoms with Crippen LogP contribution in [-0.2, 0) is 0 Å². The summed E-state index contributed by atoms with van der Waals surface area (Å²) in [5.41, 5.74) is 0.831. The number of aliphatic hydroxyl groups excluding tert-OH is 1. The predicted molar refractivity (Wildman–Crippen MR) is 63.2 cm³/mol. The molecule has 1 unspecified atom stereocenters. The lowest BCUT2D eigenvalue weighted by atomic mass is 10.2. The molecule has 1 atom stereocenters. The fourth-order valence-electron chi connectivity index (χ4n) is 1.30. The molecule has 4 nitrogen and oxygen atoms in total. The van der Waals surface area contributed by atoms with E-state index in [-0.39, 0.29) is 18.2 Å². The predicted octanol–water partition coefficient (Wildman–Crippen LogP) is 2.22. The van der Waals surface area contributed by atoms with Gasteiger partial charge in [0.05, 0.1) is 16.3 Å². The smallest absolute Gasteiger partial charge is 0.335 e. The maximum atomic E-state index is 10.7. The van der Waals surface area contributed by atoms with Crippen molar-refractivity contribution in [3.05, 3.63) is 28.8 Å². The molecule has 0 bridgehead atoms. The van der Waals surface area contributed by atoms with Crippen molar-refractivity contribution in [2.75, 3.05) is 11.9 Å². The first-order chi connectivity index (χ1) is 7.54. The Kier molecular flexibility index (Phi) is 4.58. The van der Waals surface area contributed by atoms with E-state index in [1.54, 1.807) is 6.07 Å². The minimum Gasteiger partial charge on any atom is -0.478 e. The van der Waals surface area contributed by atoms with Gasteiger partial charge in [0.2, 0.25) is 0 Å². The highest BCUT2D eigenvalue weighted by atomic mass is 35.5. The fourth-order valence-corrected chi connectivity index (χ4v) is 1.53. The van der Waals surface area contributed by atoms with Crippen molar-refractivity contribution in [3.8, 4) is 0 Å². The standard InChI is InChI=1S/C11H14ClNO3/c1-7(4-5-14)13-10-3-2-8(11(15)16)6-9(10)12/h2-3,6-7,13-14H,4-5H2,1H3,(H,15,16). The Morgan fingerprint density at radius 2 is 2.25 bits per heavy atom. The third-order valence-electron chi connectivity index (χ3n) is 2.18. The summed E-state index contributed by atoms with van der Waals surface area (Å²) in [6, 6.07) is 4.60. The molecule has 0 saturated carbocycles. The lowest BCUT2D eigenvalue weighted by molar-refractivity contribution is 0.0697. The molecule has 0 aromatic heterocycles. The summed E-state index contributed by atoms with van der Waals surface area (Å²) < 4.78 is 0. The van der Waals surface area contributed by atoms with E-state index in [0.29, 0.717) is 17.1 Å². The molecule has 0 radical (unpaired) electrons. The quantitative estimate of drug-likeness (QED) is 0.742. The summed E-state index contributed by atoms with van der Waals surface area (Å²) in [4.78, 5) is 10.7. The van der Waals surface area contributed by atoms with Crippen LogP contribution < -0.4 is 5.32 Å². The van der Waals surface area contributed by atoms with Crippen molar-refractivity contribution in [1.29, 1.82) is 0 Å². The van der Waals surface area contributed by atoms with Crippen LogP contribution in [0, 0.1) is 0 Å². The maximum absolute atomic E-state index is 10.7. The van der Waals surface area contributed by atoms with E-state index in [1.165, 1.54) is 12.1 Å². The van der Waals surface area contributed by atoms with Crippen LogP contribution in [0.15, 0.2) is 18.2 Å². The summed E-state index contributed by atoms with van der Waals surface area (Å²) in [7, 11) is 0. The van der Waals surface area contributed by atoms with Gasteiger partial charge in [0.15, 0.2) is 0 Å². The van der Waals surface area contributed by atoms with E-state index in [0.717, 1.165) is 0 Å². The van der Waals surface area contributed by atoms with Crippen molar-refractivity contribution in [3.63, 3.8) is 0 Å². The largest absolute Gasteiger partial charge is 0.478 e. The maximum Gasteiger partial charge on any atom is 0.335 e. The van der Waals surface area contributed by atoms with Gasteiger partial charge < -0.3 is 15.5 Å². The van der Waals surface area contributed by atoms with Crippen LogP contribution in [0.2, 0.25) is 5.02 Å². The average molecular weight is 244 g/mol. The van der Waals surface area contributed by atoms with Crippen molar-refractivity contribution in [2.45, 2.75) is 19.4 Å². The number of carboxylic acids is 1. The fraction of sp³-hybridized carbons (Fsp3) is 0.364. The van der Waals surface area contributed by atoms with Crippen molar-refractivity contribution in [2.24, 2.45) is 0 Å². The van der Waals surface area contributed by atoms with E-state index in [2.05, 4.69) is 5.32 Å². The van der Waals surface area contributed by atoms with Gasteiger partial charge in [-0.25, -0.2) is 4.79 Å². The Balaban J connectivity index is 2.79. The molecule has 0 aliphatic heterocycles. The molecule has 0 saturated heterocycles. The van der Waals surface area contributed by atoms with Crippen LogP contribution in [0.1, 0.15) is 23.7 Å². The van der Waals surface area contributed by atoms with E-state index in [9.17, 15) is 4.79 Å². The molecule has 0 amide bonds. The number of nitrogens with one attached hydrogen (secondary N) is 1. The van der Waals surface area contributed by atoms with Crippen molar-refractivity contribution < 1.29 is 15.0 Å². The van der Waals surface area contributed by atoms with Gasteiger partial charge >= 0.3 is 5.97 Å². The summed E-state index contributed by atoms with van der Waals surface area (Å²) >= 11 is 5.93. The number of hydrogen-bond donors (Lipinski definition) is 3. The summed E-state index contributed by atoms with van der Waals surface area (Å²) in [6.45, 7) is 2.01. The summed E-state index contributed by atoms with van der Waals surface area (Å²) in [6.07, 6.45) is 0.608. The van der Waals surface area contributed by atoms with E-state index in [4.69, 9.17) is 21.8 Å². The van der Waals surface area contributed by atoms with Gasteiger partial charge in [0.25, 0.3) is 0 Å². The Labute approximate surface area is 98.9 Å². The Bertz CT molecular complexity index is 381. The van der Waals surface area contributed by atoms with Crippen LogP contribution in [0.25, 0.3) is 0 Å². The molecule has 5 heteroatoms. The number of aromatic carboxylic acids is 1. The first-order valence-corrected chi connectivity index (χ1v) is 5.32. The molecule has 88 valence electrons. The zero-order valence-electron chi connectivity index (χ0n) is 8.90. The van der Waals surface area contributed by atoms with Crippen LogP contribution in [0.5, 0.6) is 0 Å². The third-order valence-corrected chi connectivity index (χ3v) is 2.49. The number of aliphatic hydroxyl groups is 1. The van der Waals surface area contributed by atoms with Crippen LogP contribution in [0.3, 0.4) is 0 Å². The van der Waals surface area contributed by atoms with E-state index >= 15 is 0 Å². The van der Waals surface area contributed by atoms with Gasteiger partial charge in [0.1, 0.15) is 0 Å². The Morgan fingerprint density at radius 1 is 1.56 bits per heavy atom. The van der Waals surface area contributed by atoms with Crippen molar-refractivity contribution in [1.82, 2.24) is 0 Å². The average Bonchev–Trinajstić information content (AvgIpc) is 2.21. The zero-order valence-corrected chi connectivity index (χ0v) is 9.66. The van der Waals surface area contributed by atoms with Crippen LogP contribution in [0.4, 0.5) is 5.69 Å². The van der Waals surface area contributed by atoms with Crippen LogP contribution >= 0.6 is 11.6 Å². The molecule has 0 heterocycles. The van der Waals surface area contributed by atoms with Gasteiger partial charge in [-0.15, -0.1) is 0 Å². The summed E-state index contributed by atoms with van der Waals surface area (Å²) in [5.74, 6) is -1.00. The van der Waals surface area contributed by atoms with Gasteiger partial charge in [-0.1, -0.05) is 11.6 Å². The summed E-state index contributed by atoms with van der Waals surface area (Å²) in [5, 5.41) is 21.0. The normalized spacial score (nSPS) is 12.2. The minimum absolute atomic E-state index is 0.0816. The molecular weight excluding hydrogens is 230 g/mol. The SMILES string of the molecule is CC(CCO)Nc1ccc(C(=O)O)cc1Cl. The second kappa shape index (κ2) is 5.72. The number of rotatable bonds is 5. The molecule has 0 fully saturated rings. The molecule has 16 heavy (non-hydrogen) atoms. The van der Waals surface area contributed by atoms with Gasteiger partial charge in [0, 0.05) is 12.6 Å². The highest BCUT2D eigenvalue weighted by molar-refractivity contribution is 6.33. The monoisotopic (exact) mass is 243 g/mol. The number of anilines is 1. The number of carbonyl (C=O) groups is 1. The van der Waals surface area contributed by atoms with Gasteiger partial charge in [-0.2, -0.15) is 0 Å². The second-order valence-electron chi connectivity index (χ2n) is 3.56. The Morgan fingerprint density at radius 3 is 2.75 bits per heavy atom. The van der Waals surface area contributed by atoms with Crippen LogP contribution in [-0.4, -0.2) is 28.8 Å². The lowest BCUT2D eigenvalue weighted by Crippen LogP contribution is -2.16. The molecule has 0 spiro atoms. The molecule has 1 aromatic carbocycles. The van der Waals surface area contributed by atoms with Gasteiger partial charge in [-0.3, -0.25) is 0 Å². The molecule has 1 rings (SSSR count). The first kappa shape index (κ1) is 12.8. The number of halogens is 1. The molecular formula is C11H14ClNO3. The van der Waals surface area contributed by atoms with E-state index < -0.39 is 5.97 Å². The number of hydrogen-bond acceptors (Lipinski definition) is 3. The highest BCUT2D eigenvalue weighted by Crippen LogP contribution is 2.24. The molecule has 0 aliphatic carbocycles. The molecule has 3 N–H and O–H groups in total.